The van der Waals surface area contributed by atoms with Crippen LogP contribution in [0.2, 0.25) is 0 Å². The van der Waals surface area contributed by atoms with Crippen LogP contribution < -0.4 is 5.32 Å². The first kappa shape index (κ1) is 17.6. The van der Waals surface area contributed by atoms with Gasteiger partial charge in [0.2, 0.25) is 5.13 Å². The second-order valence-corrected chi connectivity index (χ2v) is 5.63. The highest BCUT2D eigenvalue weighted by Gasteiger charge is 2.32. The van der Waals surface area contributed by atoms with Crippen molar-refractivity contribution in [2.24, 2.45) is 0 Å². The van der Waals surface area contributed by atoms with Crippen molar-refractivity contribution >= 4 is 28.5 Å². The fourth-order valence-electron chi connectivity index (χ4n) is 1.80. The molecule has 2 rings (SSSR count). The standard InChI is InChI=1S/C15H11F3N4OS/c1-2-12-21-22-14(24-12)20-13(23)10(8-19)7-9-5-3-4-6-11(9)15(16,17)18/h3-7H,2H2,1H3,(H,20,22,23). The smallest absolute Gasteiger partial charge is 0.296 e. The summed E-state index contributed by atoms with van der Waals surface area (Å²) in [5, 5.41) is 19.9. The van der Waals surface area contributed by atoms with Gasteiger partial charge in [0.25, 0.3) is 5.91 Å². The molecule has 0 saturated carbocycles. The highest BCUT2D eigenvalue weighted by Crippen LogP contribution is 2.32. The van der Waals surface area contributed by atoms with E-state index < -0.39 is 23.2 Å². The summed E-state index contributed by atoms with van der Waals surface area (Å²) in [6.07, 6.45) is -3.05. The van der Waals surface area contributed by atoms with E-state index in [2.05, 4.69) is 15.5 Å². The van der Waals surface area contributed by atoms with Crippen LogP contribution in [0.3, 0.4) is 0 Å². The number of hydrogen-bond acceptors (Lipinski definition) is 5. The molecule has 1 aromatic heterocycles. The van der Waals surface area contributed by atoms with E-state index in [0.717, 1.165) is 23.5 Å². The van der Waals surface area contributed by atoms with Crippen LogP contribution >= 0.6 is 11.3 Å². The summed E-state index contributed by atoms with van der Waals surface area (Å²) < 4.78 is 38.9. The zero-order chi connectivity index (χ0) is 17.7. The van der Waals surface area contributed by atoms with E-state index in [9.17, 15) is 18.0 Å². The SMILES string of the molecule is CCc1nnc(NC(=O)C(C#N)=Cc2ccccc2C(F)(F)F)s1. The lowest BCUT2D eigenvalue weighted by molar-refractivity contribution is -0.137. The van der Waals surface area contributed by atoms with E-state index in [1.54, 1.807) is 6.07 Å². The number of nitrogens with zero attached hydrogens (tertiary/aromatic N) is 3. The number of halogens is 3. The molecular formula is C15H11F3N4OS. The third-order valence-corrected chi connectivity index (χ3v) is 3.90. The number of nitrogens with one attached hydrogen (secondary N) is 1. The number of aryl methyl sites for hydroxylation is 1. The van der Waals surface area contributed by atoms with Crippen LogP contribution in [0.5, 0.6) is 0 Å². The Morgan fingerprint density at radius 2 is 2.08 bits per heavy atom. The van der Waals surface area contributed by atoms with Gasteiger partial charge < -0.3 is 0 Å². The number of amides is 1. The highest BCUT2D eigenvalue weighted by molar-refractivity contribution is 7.15. The minimum Gasteiger partial charge on any atom is -0.296 e. The topological polar surface area (TPSA) is 78.7 Å². The number of rotatable bonds is 4. The number of nitriles is 1. The molecule has 1 heterocycles. The number of aromatic nitrogens is 2. The fraction of sp³-hybridized carbons (Fsp3) is 0.200. The average molecular weight is 352 g/mol. The Kier molecular flexibility index (Phi) is 5.31. The normalized spacial score (nSPS) is 11.9. The molecule has 5 nitrogen and oxygen atoms in total. The number of alkyl halides is 3. The summed E-state index contributed by atoms with van der Waals surface area (Å²) in [5.74, 6) is -0.840. The van der Waals surface area contributed by atoms with E-state index in [0.29, 0.717) is 11.4 Å². The summed E-state index contributed by atoms with van der Waals surface area (Å²) in [6.45, 7) is 1.86. The summed E-state index contributed by atoms with van der Waals surface area (Å²) in [5.41, 5.74) is -1.64. The predicted molar refractivity (Wildman–Crippen MR) is 83.0 cm³/mol. The molecule has 0 unspecified atom stereocenters. The third kappa shape index (κ3) is 4.17. The van der Waals surface area contributed by atoms with Crippen LogP contribution in [0.1, 0.15) is 23.1 Å². The summed E-state index contributed by atoms with van der Waals surface area (Å²) in [7, 11) is 0. The second kappa shape index (κ2) is 7.23. The van der Waals surface area contributed by atoms with Crippen molar-refractivity contribution in [3.05, 3.63) is 46.0 Å². The molecule has 1 N–H and O–H groups in total. The van der Waals surface area contributed by atoms with Gasteiger partial charge in [-0.2, -0.15) is 18.4 Å². The van der Waals surface area contributed by atoms with Gasteiger partial charge in [-0.25, -0.2) is 0 Å². The second-order valence-electron chi connectivity index (χ2n) is 4.56. The maximum absolute atomic E-state index is 13.0. The van der Waals surface area contributed by atoms with E-state index in [4.69, 9.17) is 5.26 Å². The highest BCUT2D eigenvalue weighted by atomic mass is 32.1. The molecule has 9 heteroatoms. The van der Waals surface area contributed by atoms with Crippen molar-refractivity contribution in [1.82, 2.24) is 10.2 Å². The Labute approximate surface area is 139 Å². The minimum absolute atomic E-state index is 0.183. The van der Waals surface area contributed by atoms with Gasteiger partial charge in [-0.15, -0.1) is 10.2 Å². The molecule has 0 atom stereocenters. The number of carbonyl (C=O) groups excluding carboxylic acids is 1. The molecular weight excluding hydrogens is 341 g/mol. The van der Waals surface area contributed by atoms with Crippen LogP contribution in [0.15, 0.2) is 29.8 Å². The quantitative estimate of drug-likeness (QED) is 0.673. The van der Waals surface area contributed by atoms with Crippen molar-refractivity contribution < 1.29 is 18.0 Å². The van der Waals surface area contributed by atoms with Gasteiger partial charge in [0.05, 0.1) is 5.56 Å². The molecule has 0 saturated heterocycles. The molecule has 0 aliphatic heterocycles. The molecule has 1 aromatic carbocycles. The first-order valence-corrected chi connectivity index (χ1v) is 7.58. The van der Waals surface area contributed by atoms with Gasteiger partial charge in [-0.3, -0.25) is 10.1 Å². The Morgan fingerprint density at radius 1 is 1.38 bits per heavy atom. The van der Waals surface area contributed by atoms with Gasteiger partial charge in [0, 0.05) is 0 Å². The Bertz CT molecular complexity index is 821. The summed E-state index contributed by atoms with van der Waals surface area (Å²) in [6, 6.07) is 6.31. The lowest BCUT2D eigenvalue weighted by Gasteiger charge is -2.10. The lowest BCUT2D eigenvalue weighted by Crippen LogP contribution is -2.14. The fourth-order valence-corrected chi connectivity index (χ4v) is 2.47. The first-order chi connectivity index (χ1) is 11.3. The van der Waals surface area contributed by atoms with Gasteiger partial charge in [0.1, 0.15) is 16.6 Å². The van der Waals surface area contributed by atoms with Crippen LogP contribution in [0.4, 0.5) is 18.3 Å². The molecule has 0 aliphatic rings. The molecule has 1 amide bonds. The number of carbonyl (C=O) groups is 1. The summed E-state index contributed by atoms with van der Waals surface area (Å²) in [4.78, 5) is 12.1. The van der Waals surface area contributed by atoms with Gasteiger partial charge in [0.15, 0.2) is 0 Å². The number of hydrogen-bond donors (Lipinski definition) is 1. The van der Waals surface area contributed by atoms with Crippen LogP contribution in [-0.4, -0.2) is 16.1 Å². The monoisotopic (exact) mass is 352 g/mol. The van der Waals surface area contributed by atoms with E-state index >= 15 is 0 Å². The van der Waals surface area contributed by atoms with Gasteiger partial charge in [-0.05, 0) is 24.1 Å². The van der Waals surface area contributed by atoms with Crippen LogP contribution in [-0.2, 0) is 17.4 Å². The predicted octanol–water partition coefficient (Wildman–Crippen LogP) is 3.66. The van der Waals surface area contributed by atoms with Crippen molar-refractivity contribution in [3.8, 4) is 6.07 Å². The largest absolute Gasteiger partial charge is 0.416 e. The molecule has 124 valence electrons. The van der Waals surface area contributed by atoms with E-state index in [1.807, 2.05) is 6.92 Å². The number of anilines is 1. The molecule has 0 radical (unpaired) electrons. The third-order valence-electron chi connectivity index (χ3n) is 2.92. The van der Waals surface area contributed by atoms with Gasteiger partial charge in [-0.1, -0.05) is 36.5 Å². The van der Waals surface area contributed by atoms with Crippen molar-refractivity contribution in [2.75, 3.05) is 5.32 Å². The van der Waals surface area contributed by atoms with Crippen molar-refractivity contribution in [3.63, 3.8) is 0 Å². The molecule has 2 aromatic rings. The van der Waals surface area contributed by atoms with Crippen LogP contribution in [0.25, 0.3) is 6.08 Å². The Hall–Kier alpha value is -2.73. The summed E-state index contributed by atoms with van der Waals surface area (Å²) >= 11 is 1.13. The van der Waals surface area contributed by atoms with Gasteiger partial charge >= 0.3 is 6.18 Å². The average Bonchev–Trinajstić information content (AvgIpc) is 2.99. The zero-order valence-electron chi connectivity index (χ0n) is 12.4. The van der Waals surface area contributed by atoms with E-state index in [-0.39, 0.29) is 10.7 Å². The molecule has 0 bridgehead atoms. The maximum atomic E-state index is 13.0. The maximum Gasteiger partial charge on any atom is 0.416 e. The molecule has 24 heavy (non-hydrogen) atoms. The van der Waals surface area contributed by atoms with E-state index in [1.165, 1.54) is 18.2 Å². The minimum atomic E-state index is -4.58. The van der Waals surface area contributed by atoms with Crippen LogP contribution in [0, 0.1) is 11.3 Å². The lowest BCUT2D eigenvalue weighted by atomic mass is 10.0. The molecule has 0 aliphatic carbocycles. The Morgan fingerprint density at radius 3 is 2.67 bits per heavy atom. The first-order valence-electron chi connectivity index (χ1n) is 6.77. The van der Waals surface area contributed by atoms with Crippen molar-refractivity contribution in [1.29, 1.82) is 5.26 Å². The zero-order valence-corrected chi connectivity index (χ0v) is 13.2. The number of benzene rings is 1. The van der Waals surface area contributed by atoms with Crippen molar-refractivity contribution in [2.45, 2.75) is 19.5 Å². The molecule has 0 fully saturated rings. The Balaban J connectivity index is 2.30. The molecule has 0 spiro atoms.